The van der Waals surface area contributed by atoms with Gasteiger partial charge >= 0.3 is 0 Å². The Morgan fingerprint density at radius 3 is 2.72 bits per heavy atom. The lowest BCUT2D eigenvalue weighted by atomic mass is 10.0. The van der Waals surface area contributed by atoms with Crippen molar-refractivity contribution in [3.63, 3.8) is 0 Å². The minimum atomic E-state index is 0.161. The van der Waals surface area contributed by atoms with E-state index in [-0.39, 0.29) is 5.92 Å². The van der Waals surface area contributed by atoms with Crippen molar-refractivity contribution in [1.29, 1.82) is 0 Å². The highest BCUT2D eigenvalue weighted by Gasteiger charge is 2.50. The van der Waals surface area contributed by atoms with Gasteiger partial charge < -0.3 is 9.64 Å². The Morgan fingerprint density at radius 1 is 1.16 bits per heavy atom. The molecule has 1 aromatic carbocycles. The number of nitrogens with zero attached hydrogens (tertiary/aromatic N) is 2. The maximum atomic E-state index is 13.2. The zero-order valence-corrected chi connectivity index (χ0v) is 15.5. The van der Waals surface area contributed by atoms with Crippen LogP contribution >= 0.6 is 0 Å². The average Bonchev–Trinajstić information content (AvgIpc) is 3.06. The second kappa shape index (κ2) is 6.99. The number of benzene rings is 1. The van der Waals surface area contributed by atoms with Crippen LogP contribution in [0, 0.1) is 5.92 Å². The van der Waals surface area contributed by atoms with Gasteiger partial charge in [0.1, 0.15) is 5.75 Å². The molecule has 0 spiro atoms. The highest BCUT2D eigenvalue weighted by molar-refractivity contribution is 5.84. The van der Waals surface area contributed by atoms with Crippen LogP contribution < -0.4 is 4.74 Å². The summed E-state index contributed by atoms with van der Waals surface area (Å²) in [6.07, 6.45) is 5.85. The molecule has 25 heavy (non-hydrogen) atoms. The Morgan fingerprint density at radius 2 is 1.92 bits per heavy atom. The fourth-order valence-electron chi connectivity index (χ4n) is 5.14. The van der Waals surface area contributed by atoms with E-state index in [1.54, 1.807) is 7.11 Å². The molecule has 0 unspecified atom stereocenters. The second-order valence-corrected chi connectivity index (χ2v) is 7.77. The van der Waals surface area contributed by atoms with Crippen molar-refractivity contribution < 1.29 is 9.53 Å². The number of likely N-dealkylation sites (N-methyl/N-ethyl adjacent to an activating group) is 1. The average molecular weight is 342 g/mol. The quantitative estimate of drug-likeness (QED) is 0.823. The van der Waals surface area contributed by atoms with Gasteiger partial charge in [-0.05, 0) is 62.7 Å². The van der Waals surface area contributed by atoms with Crippen molar-refractivity contribution in [3.05, 3.63) is 29.8 Å². The molecule has 1 aliphatic carbocycles. The number of likely N-dealkylation sites (tertiary alicyclic amines) is 2. The molecule has 0 aromatic heterocycles. The summed E-state index contributed by atoms with van der Waals surface area (Å²) in [6.45, 7) is 5.51. The smallest absolute Gasteiger partial charge is 0.226 e. The van der Waals surface area contributed by atoms with E-state index >= 15 is 0 Å². The normalized spacial score (nSPS) is 32.2. The van der Waals surface area contributed by atoms with Crippen LogP contribution in [0.15, 0.2) is 24.3 Å². The summed E-state index contributed by atoms with van der Waals surface area (Å²) in [4.78, 5) is 18.0. The minimum Gasteiger partial charge on any atom is -0.496 e. The van der Waals surface area contributed by atoms with Gasteiger partial charge in [-0.25, -0.2) is 0 Å². The van der Waals surface area contributed by atoms with Gasteiger partial charge in [0.15, 0.2) is 0 Å². The number of para-hydroxylation sites is 1. The molecule has 0 N–H and O–H groups in total. The number of rotatable bonds is 5. The van der Waals surface area contributed by atoms with Crippen molar-refractivity contribution in [2.45, 2.75) is 57.0 Å². The summed E-state index contributed by atoms with van der Waals surface area (Å²) in [7, 11) is 1.72. The lowest BCUT2D eigenvalue weighted by Crippen LogP contribution is -2.48. The van der Waals surface area contributed by atoms with Crippen molar-refractivity contribution >= 4 is 5.91 Å². The third-order valence-corrected chi connectivity index (χ3v) is 6.49. The molecular formula is C21H30N2O2. The van der Waals surface area contributed by atoms with Crippen molar-refractivity contribution in [1.82, 2.24) is 9.80 Å². The van der Waals surface area contributed by atoms with Gasteiger partial charge in [0.2, 0.25) is 5.91 Å². The van der Waals surface area contributed by atoms with Crippen LogP contribution in [0.25, 0.3) is 0 Å². The molecule has 136 valence electrons. The maximum absolute atomic E-state index is 13.2. The van der Waals surface area contributed by atoms with Crippen LogP contribution in [-0.4, -0.2) is 54.5 Å². The summed E-state index contributed by atoms with van der Waals surface area (Å²) in [5.74, 6) is 1.82. The maximum Gasteiger partial charge on any atom is 0.226 e. The first-order valence-electron chi connectivity index (χ1n) is 9.92. The third kappa shape index (κ3) is 3.05. The highest BCUT2D eigenvalue weighted by atomic mass is 16.5. The van der Waals surface area contributed by atoms with Gasteiger partial charge in [0.25, 0.3) is 0 Å². The molecule has 4 rings (SSSR count). The number of carbonyl (C=O) groups excluding carboxylic acids is 1. The molecule has 0 radical (unpaired) electrons. The SMILES string of the molecule is CCN1CCC[C@@H]1[C@@H]1CCCN1C(=O)[C@@H]1C[C@H]1c1ccccc1OC. The molecule has 1 amide bonds. The van der Waals surface area contributed by atoms with Crippen LogP contribution in [0.3, 0.4) is 0 Å². The van der Waals surface area contributed by atoms with E-state index in [0.29, 0.717) is 23.9 Å². The molecule has 1 saturated carbocycles. The predicted molar refractivity (Wildman–Crippen MR) is 98.8 cm³/mol. The molecule has 3 fully saturated rings. The van der Waals surface area contributed by atoms with E-state index in [0.717, 1.165) is 31.7 Å². The van der Waals surface area contributed by atoms with Gasteiger partial charge in [-0.1, -0.05) is 25.1 Å². The van der Waals surface area contributed by atoms with E-state index < -0.39 is 0 Å². The Balaban J connectivity index is 1.46. The summed E-state index contributed by atoms with van der Waals surface area (Å²) in [5.41, 5.74) is 1.20. The number of ether oxygens (including phenoxy) is 1. The number of carbonyl (C=O) groups is 1. The van der Waals surface area contributed by atoms with Gasteiger partial charge in [0, 0.05) is 24.5 Å². The van der Waals surface area contributed by atoms with Crippen LogP contribution in [0.5, 0.6) is 5.75 Å². The second-order valence-electron chi connectivity index (χ2n) is 7.77. The Kier molecular flexibility index (Phi) is 4.72. The van der Waals surface area contributed by atoms with Gasteiger partial charge in [-0.3, -0.25) is 9.69 Å². The predicted octanol–water partition coefficient (Wildman–Crippen LogP) is 3.27. The highest BCUT2D eigenvalue weighted by Crippen LogP contribution is 2.52. The summed E-state index contributed by atoms with van der Waals surface area (Å²) in [6, 6.07) is 9.19. The zero-order chi connectivity index (χ0) is 17.4. The summed E-state index contributed by atoms with van der Waals surface area (Å²) >= 11 is 0. The first-order valence-corrected chi connectivity index (χ1v) is 9.92. The third-order valence-electron chi connectivity index (χ3n) is 6.49. The zero-order valence-electron chi connectivity index (χ0n) is 15.5. The molecule has 0 bridgehead atoms. The summed E-state index contributed by atoms with van der Waals surface area (Å²) in [5, 5.41) is 0. The van der Waals surface area contributed by atoms with Crippen molar-refractivity contribution in [2.75, 3.05) is 26.7 Å². The van der Waals surface area contributed by atoms with Crippen LogP contribution in [0.2, 0.25) is 0 Å². The summed E-state index contributed by atoms with van der Waals surface area (Å²) < 4.78 is 5.50. The Bertz CT molecular complexity index is 632. The fourth-order valence-corrected chi connectivity index (χ4v) is 5.14. The Labute approximate surface area is 151 Å². The molecule has 3 aliphatic rings. The van der Waals surface area contributed by atoms with Crippen molar-refractivity contribution in [3.8, 4) is 5.75 Å². The molecule has 4 heteroatoms. The lowest BCUT2D eigenvalue weighted by molar-refractivity contribution is -0.134. The van der Waals surface area contributed by atoms with Crippen molar-refractivity contribution in [2.24, 2.45) is 5.92 Å². The van der Waals surface area contributed by atoms with E-state index in [4.69, 9.17) is 4.74 Å². The standard InChI is InChI=1S/C21H30N2O2/c1-3-22-12-6-9-18(22)19-10-7-13-23(19)21(24)17-14-16(17)15-8-4-5-11-20(15)25-2/h4-5,8,11,16-19H,3,6-7,9-10,12-14H2,1-2H3/t16-,17+,18+,19-/m0/s1. The minimum absolute atomic E-state index is 0.161. The molecule has 2 saturated heterocycles. The molecule has 2 aliphatic heterocycles. The van der Waals surface area contributed by atoms with Crippen LogP contribution in [-0.2, 0) is 4.79 Å². The first-order chi connectivity index (χ1) is 12.2. The first kappa shape index (κ1) is 16.9. The Hall–Kier alpha value is -1.55. The topological polar surface area (TPSA) is 32.8 Å². The number of methoxy groups -OCH3 is 1. The molecule has 2 heterocycles. The molecule has 4 nitrogen and oxygen atoms in total. The number of hydrogen-bond acceptors (Lipinski definition) is 3. The fraction of sp³-hybridized carbons (Fsp3) is 0.667. The lowest BCUT2D eigenvalue weighted by Gasteiger charge is -2.34. The molecule has 4 atom stereocenters. The van der Waals surface area contributed by atoms with E-state index in [1.807, 2.05) is 18.2 Å². The van der Waals surface area contributed by atoms with E-state index in [1.165, 1.54) is 31.4 Å². The van der Waals surface area contributed by atoms with E-state index in [9.17, 15) is 4.79 Å². The van der Waals surface area contributed by atoms with Crippen LogP contribution in [0.4, 0.5) is 0 Å². The van der Waals surface area contributed by atoms with Crippen LogP contribution in [0.1, 0.15) is 50.5 Å². The van der Waals surface area contributed by atoms with E-state index in [2.05, 4.69) is 22.8 Å². The molecule has 1 aromatic rings. The van der Waals surface area contributed by atoms with Gasteiger partial charge in [0.05, 0.1) is 7.11 Å². The van der Waals surface area contributed by atoms with Gasteiger partial charge in [-0.15, -0.1) is 0 Å². The monoisotopic (exact) mass is 342 g/mol. The van der Waals surface area contributed by atoms with Gasteiger partial charge in [-0.2, -0.15) is 0 Å². The number of amides is 1. The largest absolute Gasteiger partial charge is 0.496 e. The number of hydrogen-bond donors (Lipinski definition) is 0. The molecular weight excluding hydrogens is 312 g/mol.